The topological polar surface area (TPSA) is 20.3 Å². The summed E-state index contributed by atoms with van der Waals surface area (Å²) in [6.45, 7) is 3.30. The Kier molecular flexibility index (Phi) is 4.74. The maximum atomic E-state index is 12.0. The minimum atomic E-state index is -4.78. The standard InChI is InChI=1S/C7H11BrF3NO/c1-3-4-12(5(2)8)6(13)7(9,10)11/h5H,3-4H2,1-2H3. The van der Waals surface area contributed by atoms with Gasteiger partial charge in [0.1, 0.15) is 0 Å². The van der Waals surface area contributed by atoms with Crippen molar-refractivity contribution in [3.63, 3.8) is 0 Å². The van der Waals surface area contributed by atoms with E-state index >= 15 is 0 Å². The first-order valence-electron chi connectivity index (χ1n) is 3.82. The molecule has 0 aromatic carbocycles. The number of carbonyl (C=O) groups is 1. The van der Waals surface area contributed by atoms with Gasteiger partial charge in [-0.3, -0.25) is 4.79 Å². The maximum absolute atomic E-state index is 12.0. The van der Waals surface area contributed by atoms with Crippen LogP contribution in [0.25, 0.3) is 0 Å². The Labute approximate surface area is 83.2 Å². The number of nitrogens with zero attached hydrogens (tertiary/aromatic N) is 1. The second kappa shape index (κ2) is 4.83. The number of rotatable bonds is 3. The molecule has 1 unspecified atom stereocenters. The molecule has 0 saturated carbocycles. The van der Waals surface area contributed by atoms with Gasteiger partial charge < -0.3 is 4.90 Å². The average molecular weight is 262 g/mol. The van der Waals surface area contributed by atoms with E-state index in [4.69, 9.17) is 0 Å². The second-order valence-corrected chi connectivity index (χ2v) is 3.90. The lowest BCUT2D eigenvalue weighted by molar-refractivity contribution is -0.185. The highest BCUT2D eigenvalue weighted by Gasteiger charge is 2.43. The van der Waals surface area contributed by atoms with E-state index in [-0.39, 0.29) is 6.54 Å². The minimum absolute atomic E-state index is 0.102. The summed E-state index contributed by atoms with van der Waals surface area (Å²) in [4.78, 5) is 10.9. The third-order valence-electron chi connectivity index (χ3n) is 1.40. The largest absolute Gasteiger partial charge is 0.471 e. The highest BCUT2D eigenvalue weighted by molar-refractivity contribution is 9.09. The first-order valence-corrected chi connectivity index (χ1v) is 4.74. The molecule has 0 radical (unpaired) electrons. The van der Waals surface area contributed by atoms with Crippen LogP contribution in [0, 0.1) is 0 Å². The van der Waals surface area contributed by atoms with Crippen LogP contribution >= 0.6 is 15.9 Å². The first-order chi connectivity index (χ1) is 5.80. The first kappa shape index (κ1) is 12.7. The van der Waals surface area contributed by atoms with Crippen molar-refractivity contribution in [3.05, 3.63) is 0 Å². The van der Waals surface area contributed by atoms with Crippen LogP contribution in [0.5, 0.6) is 0 Å². The van der Waals surface area contributed by atoms with E-state index in [2.05, 4.69) is 15.9 Å². The summed E-state index contributed by atoms with van der Waals surface area (Å²) in [6.07, 6.45) is -4.28. The van der Waals surface area contributed by atoms with Crippen molar-refractivity contribution in [2.75, 3.05) is 6.54 Å². The smallest absolute Gasteiger partial charge is 0.323 e. The molecule has 0 aliphatic carbocycles. The molecule has 0 aliphatic heterocycles. The number of hydrogen-bond acceptors (Lipinski definition) is 1. The van der Waals surface area contributed by atoms with Gasteiger partial charge in [-0.05, 0) is 13.3 Å². The molecule has 0 aliphatic rings. The van der Waals surface area contributed by atoms with E-state index in [1.807, 2.05) is 0 Å². The Morgan fingerprint density at radius 3 is 2.23 bits per heavy atom. The SMILES string of the molecule is CCCN(C(=O)C(F)(F)F)C(C)Br. The summed E-state index contributed by atoms with van der Waals surface area (Å²) in [6, 6.07) is 0. The third-order valence-corrected chi connectivity index (χ3v) is 1.89. The van der Waals surface area contributed by atoms with Gasteiger partial charge in [0.05, 0.1) is 4.95 Å². The molecule has 0 bridgehead atoms. The zero-order valence-corrected chi connectivity index (χ0v) is 8.94. The molecule has 0 rings (SSSR count). The fourth-order valence-corrected chi connectivity index (χ4v) is 1.24. The van der Waals surface area contributed by atoms with Gasteiger partial charge in [0, 0.05) is 6.54 Å². The van der Waals surface area contributed by atoms with Crippen molar-refractivity contribution < 1.29 is 18.0 Å². The van der Waals surface area contributed by atoms with Crippen molar-refractivity contribution in [2.45, 2.75) is 31.4 Å². The van der Waals surface area contributed by atoms with Gasteiger partial charge in [-0.25, -0.2) is 0 Å². The van der Waals surface area contributed by atoms with Crippen LogP contribution in [-0.4, -0.2) is 28.5 Å². The van der Waals surface area contributed by atoms with Crippen LogP contribution in [0.15, 0.2) is 0 Å². The monoisotopic (exact) mass is 261 g/mol. The zero-order valence-electron chi connectivity index (χ0n) is 7.36. The quantitative estimate of drug-likeness (QED) is 0.565. The zero-order chi connectivity index (χ0) is 10.6. The lowest BCUT2D eigenvalue weighted by atomic mass is 10.4. The van der Waals surface area contributed by atoms with Gasteiger partial charge in [0.15, 0.2) is 0 Å². The Hall–Kier alpha value is -0.260. The van der Waals surface area contributed by atoms with Crippen molar-refractivity contribution in [1.29, 1.82) is 0 Å². The summed E-state index contributed by atoms with van der Waals surface area (Å²) in [5.41, 5.74) is 0. The maximum Gasteiger partial charge on any atom is 0.471 e. The van der Waals surface area contributed by atoms with Crippen LogP contribution < -0.4 is 0 Å². The van der Waals surface area contributed by atoms with Crippen molar-refractivity contribution in [2.24, 2.45) is 0 Å². The van der Waals surface area contributed by atoms with E-state index in [0.29, 0.717) is 6.42 Å². The average Bonchev–Trinajstić information content (AvgIpc) is 1.96. The van der Waals surface area contributed by atoms with Gasteiger partial charge in [0.25, 0.3) is 0 Å². The molecule has 78 valence electrons. The van der Waals surface area contributed by atoms with E-state index in [1.165, 1.54) is 6.92 Å². The fourth-order valence-electron chi connectivity index (χ4n) is 0.845. The van der Waals surface area contributed by atoms with Gasteiger partial charge in [-0.15, -0.1) is 0 Å². The Balaban J connectivity index is 4.47. The van der Waals surface area contributed by atoms with Crippen molar-refractivity contribution in [3.8, 4) is 0 Å². The number of halogens is 4. The van der Waals surface area contributed by atoms with E-state index in [9.17, 15) is 18.0 Å². The molecule has 13 heavy (non-hydrogen) atoms. The molecule has 1 atom stereocenters. The van der Waals surface area contributed by atoms with Crippen molar-refractivity contribution >= 4 is 21.8 Å². The number of alkyl halides is 4. The molecule has 0 heterocycles. The second-order valence-electron chi connectivity index (χ2n) is 2.57. The van der Waals surface area contributed by atoms with Crippen molar-refractivity contribution in [1.82, 2.24) is 4.90 Å². The summed E-state index contributed by atoms with van der Waals surface area (Å²) in [5.74, 6) is -1.79. The van der Waals surface area contributed by atoms with Crippen LogP contribution in [0.3, 0.4) is 0 Å². The van der Waals surface area contributed by atoms with Gasteiger partial charge in [-0.1, -0.05) is 22.9 Å². The molecule has 0 fully saturated rings. The molecule has 0 N–H and O–H groups in total. The van der Waals surface area contributed by atoms with Crippen LogP contribution in [0.4, 0.5) is 13.2 Å². The fraction of sp³-hybridized carbons (Fsp3) is 0.857. The van der Waals surface area contributed by atoms with Gasteiger partial charge in [-0.2, -0.15) is 13.2 Å². The molecule has 0 aromatic rings. The highest BCUT2D eigenvalue weighted by Crippen LogP contribution is 2.21. The van der Waals surface area contributed by atoms with Crippen LogP contribution in [-0.2, 0) is 4.79 Å². The Morgan fingerprint density at radius 1 is 1.54 bits per heavy atom. The van der Waals surface area contributed by atoms with E-state index < -0.39 is 17.0 Å². The molecule has 6 heteroatoms. The summed E-state index contributed by atoms with van der Waals surface area (Å²) < 4.78 is 35.9. The molecular weight excluding hydrogens is 251 g/mol. The van der Waals surface area contributed by atoms with E-state index in [1.54, 1.807) is 6.92 Å². The highest BCUT2D eigenvalue weighted by atomic mass is 79.9. The predicted octanol–water partition coefficient (Wildman–Crippen LogP) is 2.53. The molecule has 2 nitrogen and oxygen atoms in total. The van der Waals surface area contributed by atoms with E-state index in [0.717, 1.165) is 4.90 Å². The predicted molar refractivity (Wildman–Crippen MR) is 46.4 cm³/mol. The molecule has 1 amide bonds. The lowest BCUT2D eigenvalue weighted by Gasteiger charge is -2.25. The molecular formula is C7H11BrF3NO. The molecule has 0 saturated heterocycles. The minimum Gasteiger partial charge on any atom is -0.323 e. The summed E-state index contributed by atoms with van der Waals surface area (Å²) >= 11 is 2.94. The molecule has 0 spiro atoms. The summed E-state index contributed by atoms with van der Waals surface area (Å²) in [5, 5.41) is 0. The summed E-state index contributed by atoms with van der Waals surface area (Å²) in [7, 11) is 0. The van der Waals surface area contributed by atoms with Crippen LogP contribution in [0.1, 0.15) is 20.3 Å². The Morgan fingerprint density at radius 2 is 2.00 bits per heavy atom. The van der Waals surface area contributed by atoms with Gasteiger partial charge >= 0.3 is 12.1 Å². The number of amides is 1. The van der Waals surface area contributed by atoms with Crippen LogP contribution in [0.2, 0.25) is 0 Å². The molecule has 0 aromatic heterocycles. The number of carbonyl (C=O) groups excluding carboxylic acids is 1. The van der Waals surface area contributed by atoms with Gasteiger partial charge in [0.2, 0.25) is 0 Å². The lowest BCUT2D eigenvalue weighted by Crippen LogP contribution is -2.44. The third kappa shape index (κ3) is 3.97. The number of hydrogen-bond donors (Lipinski definition) is 0. The Bertz CT molecular complexity index is 181. The normalized spacial score (nSPS) is 14.0.